The van der Waals surface area contributed by atoms with Crippen LogP contribution in [-0.4, -0.2) is 29.8 Å². The van der Waals surface area contributed by atoms with Gasteiger partial charge in [0.1, 0.15) is 5.82 Å². The predicted octanol–water partition coefficient (Wildman–Crippen LogP) is 4.67. The number of hydrogen-bond acceptors (Lipinski definition) is 6. The second kappa shape index (κ2) is 9.05. The van der Waals surface area contributed by atoms with E-state index in [2.05, 4.69) is 15.5 Å². The molecule has 164 valence electrons. The zero-order valence-electron chi connectivity index (χ0n) is 17.9. The van der Waals surface area contributed by atoms with Gasteiger partial charge in [-0.3, -0.25) is 4.79 Å². The fourth-order valence-corrected chi connectivity index (χ4v) is 3.42. The number of carbonyl (C=O) groups excluding carboxylic acids is 1. The molecule has 1 amide bonds. The topological polar surface area (TPSA) is 86.5 Å². The minimum Gasteiger partial charge on any atom is -0.493 e. The summed E-state index contributed by atoms with van der Waals surface area (Å²) in [7, 11) is 1.57. The van der Waals surface area contributed by atoms with Gasteiger partial charge in [0, 0.05) is 12.1 Å². The summed E-state index contributed by atoms with van der Waals surface area (Å²) < 4.78 is 29.5. The van der Waals surface area contributed by atoms with E-state index in [1.165, 1.54) is 12.1 Å². The zero-order chi connectivity index (χ0) is 22.7. The summed E-state index contributed by atoms with van der Waals surface area (Å²) in [6.45, 7) is 4.45. The molecule has 0 aliphatic heterocycles. The number of pyridine rings is 1. The van der Waals surface area contributed by atoms with Gasteiger partial charge in [0.2, 0.25) is 0 Å². The Balaban J connectivity index is 1.63. The van der Waals surface area contributed by atoms with Crippen LogP contribution in [0.15, 0.2) is 53.1 Å². The second-order valence-electron chi connectivity index (χ2n) is 7.11. The van der Waals surface area contributed by atoms with Gasteiger partial charge in [-0.05, 0) is 61.9 Å². The molecule has 0 aliphatic rings. The lowest BCUT2D eigenvalue weighted by atomic mass is 10.0. The molecule has 0 bridgehead atoms. The Morgan fingerprint density at radius 3 is 2.62 bits per heavy atom. The molecule has 7 nitrogen and oxygen atoms in total. The Hall–Kier alpha value is -3.94. The third kappa shape index (κ3) is 4.25. The van der Waals surface area contributed by atoms with E-state index in [4.69, 9.17) is 14.0 Å². The Kier molecular flexibility index (Phi) is 6.02. The summed E-state index contributed by atoms with van der Waals surface area (Å²) in [5, 5.41) is 7.41. The largest absolute Gasteiger partial charge is 0.493 e. The van der Waals surface area contributed by atoms with E-state index in [1.807, 2.05) is 25.1 Å². The van der Waals surface area contributed by atoms with E-state index in [0.717, 1.165) is 5.56 Å². The van der Waals surface area contributed by atoms with E-state index < -0.39 is 0 Å². The van der Waals surface area contributed by atoms with Crippen molar-refractivity contribution in [1.82, 2.24) is 15.5 Å². The molecule has 32 heavy (non-hydrogen) atoms. The van der Waals surface area contributed by atoms with Crippen molar-refractivity contribution in [2.75, 3.05) is 13.7 Å². The molecule has 8 heteroatoms. The summed E-state index contributed by atoms with van der Waals surface area (Å²) in [5.74, 6) is 0.581. The van der Waals surface area contributed by atoms with Crippen LogP contribution < -0.4 is 14.8 Å². The molecular weight excluding hydrogens is 413 g/mol. The number of rotatable bonds is 7. The number of methoxy groups -OCH3 is 1. The average molecular weight is 435 g/mol. The van der Waals surface area contributed by atoms with E-state index in [-0.39, 0.29) is 24.0 Å². The number of nitrogens with one attached hydrogen (secondary N) is 1. The molecule has 0 spiro atoms. The summed E-state index contributed by atoms with van der Waals surface area (Å²) in [6.07, 6.45) is 0. The number of benzene rings is 2. The molecule has 0 aliphatic carbocycles. The number of nitrogens with zero attached hydrogens (tertiary/aromatic N) is 2. The number of aromatic nitrogens is 2. The molecule has 2 heterocycles. The molecule has 0 atom stereocenters. The van der Waals surface area contributed by atoms with Crippen LogP contribution in [0.25, 0.3) is 22.4 Å². The van der Waals surface area contributed by atoms with Gasteiger partial charge in [0.05, 0.1) is 36.1 Å². The number of amides is 1. The predicted molar refractivity (Wildman–Crippen MR) is 117 cm³/mol. The van der Waals surface area contributed by atoms with E-state index in [9.17, 15) is 9.18 Å². The fourth-order valence-electron chi connectivity index (χ4n) is 3.42. The van der Waals surface area contributed by atoms with Crippen LogP contribution in [0.3, 0.4) is 0 Å². The highest BCUT2D eigenvalue weighted by atomic mass is 19.1. The third-order valence-electron chi connectivity index (χ3n) is 4.98. The molecule has 2 aromatic carbocycles. The van der Waals surface area contributed by atoms with Gasteiger partial charge < -0.3 is 19.3 Å². The molecule has 2 aromatic heterocycles. The zero-order valence-corrected chi connectivity index (χ0v) is 17.9. The van der Waals surface area contributed by atoms with Crippen molar-refractivity contribution in [3.63, 3.8) is 0 Å². The number of ether oxygens (including phenoxy) is 2. The van der Waals surface area contributed by atoms with Crippen LogP contribution in [0.4, 0.5) is 4.39 Å². The van der Waals surface area contributed by atoms with Crippen molar-refractivity contribution < 1.29 is 23.2 Å². The third-order valence-corrected chi connectivity index (χ3v) is 4.98. The van der Waals surface area contributed by atoms with Crippen LogP contribution in [0.2, 0.25) is 0 Å². The minimum absolute atomic E-state index is 0.247. The summed E-state index contributed by atoms with van der Waals surface area (Å²) >= 11 is 0. The number of carbonyl (C=O) groups is 1. The van der Waals surface area contributed by atoms with E-state index >= 15 is 0 Å². The van der Waals surface area contributed by atoms with E-state index in [1.54, 1.807) is 32.2 Å². The van der Waals surface area contributed by atoms with Gasteiger partial charge in [0.25, 0.3) is 11.6 Å². The molecule has 0 radical (unpaired) electrons. The number of halogens is 1. The SMILES string of the molecule is CCOc1ccc(CNC(=O)c2cc(-c3ccc(F)cc3)nc3onc(C)c23)cc1OC. The summed E-state index contributed by atoms with van der Waals surface area (Å²) in [5.41, 5.74) is 3.19. The maximum Gasteiger partial charge on any atom is 0.259 e. The van der Waals surface area contributed by atoms with Gasteiger partial charge >= 0.3 is 0 Å². The van der Waals surface area contributed by atoms with E-state index in [0.29, 0.717) is 46.0 Å². The van der Waals surface area contributed by atoms with Gasteiger partial charge in [0.15, 0.2) is 11.5 Å². The van der Waals surface area contributed by atoms with Gasteiger partial charge in [-0.1, -0.05) is 11.2 Å². The van der Waals surface area contributed by atoms with Crippen LogP contribution in [0.1, 0.15) is 28.5 Å². The lowest BCUT2D eigenvalue weighted by molar-refractivity contribution is 0.0952. The maximum absolute atomic E-state index is 13.3. The Labute approximate surface area is 184 Å². The highest BCUT2D eigenvalue weighted by molar-refractivity contribution is 6.06. The van der Waals surface area contributed by atoms with Crippen molar-refractivity contribution in [3.8, 4) is 22.8 Å². The van der Waals surface area contributed by atoms with Crippen molar-refractivity contribution in [2.45, 2.75) is 20.4 Å². The van der Waals surface area contributed by atoms with Crippen LogP contribution >= 0.6 is 0 Å². The first-order valence-electron chi connectivity index (χ1n) is 10.1. The Morgan fingerprint density at radius 1 is 1.12 bits per heavy atom. The van der Waals surface area contributed by atoms with Crippen molar-refractivity contribution >= 4 is 17.0 Å². The van der Waals surface area contributed by atoms with Crippen LogP contribution in [-0.2, 0) is 6.54 Å². The first-order chi connectivity index (χ1) is 15.5. The Bertz CT molecular complexity index is 1270. The average Bonchev–Trinajstić information content (AvgIpc) is 3.19. The minimum atomic E-state index is -0.353. The van der Waals surface area contributed by atoms with Crippen LogP contribution in [0.5, 0.6) is 11.5 Å². The lowest BCUT2D eigenvalue weighted by Gasteiger charge is -2.12. The highest BCUT2D eigenvalue weighted by Gasteiger charge is 2.19. The molecule has 4 rings (SSSR count). The Morgan fingerprint density at radius 2 is 1.91 bits per heavy atom. The second-order valence-corrected chi connectivity index (χ2v) is 7.11. The van der Waals surface area contributed by atoms with Crippen LogP contribution in [0, 0.1) is 12.7 Å². The summed E-state index contributed by atoms with van der Waals surface area (Å²) in [4.78, 5) is 17.6. The van der Waals surface area contributed by atoms with Crippen molar-refractivity contribution in [2.24, 2.45) is 0 Å². The number of fused-ring (bicyclic) bond motifs is 1. The standard InChI is InChI=1S/C24H22FN3O4/c1-4-31-20-10-5-15(11-21(20)30-3)13-26-23(29)18-12-19(16-6-8-17(25)9-7-16)27-24-22(18)14(2)28-32-24/h5-12H,4,13H2,1-3H3,(H,26,29). The smallest absolute Gasteiger partial charge is 0.259 e. The molecule has 0 fully saturated rings. The van der Waals surface area contributed by atoms with Crippen molar-refractivity contribution in [1.29, 1.82) is 0 Å². The molecule has 1 N–H and O–H groups in total. The molecular formula is C24H22FN3O4. The maximum atomic E-state index is 13.3. The number of aryl methyl sites for hydroxylation is 1. The quantitative estimate of drug-likeness (QED) is 0.454. The highest BCUT2D eigenvalue weighted by Crippen LogP contribution is 2.29. The van der Waals surface area contributed by atoms with Gasteiger partial charge in [-0.2, -0.15) is 0 Å². The first kappa shape index (κ1) is 21.3. The summed E-state index contributed by atoms with van der Waals surface area (Å²) in [6, 6.07) is 13.0. The van der Waals surface area contributed by atoms with Gasteiger partial charge in [-0.25, -0.2) is 9.37 Å². The fraction of sp³-hybridized carbons (Fsp3) is 0.208. The molecule has 0 saturated heterocycles. The molecule has 0 saturated carbocycles. The molecule has 0 unspecified atom stereocenters. The number of hydrogen-bond donors (Lipinski definition) is 1. The monoisotopic (exact) mass is 435 g/mol. The first-order valence-corrected chi connectivity index (χ1v) is 10.1. The lowest BCUT2D eigenvalue weighted by Crippen LogP contribution is -2.23. The normalized spacial score (nSPS) is 10.9. The van der Waals surface area contributed by atoms with Crippen molar-refractivity contribution in [3.05, 3.63) is 71.2 Å². The van der Waals surface area contributed by atoms with Gasteiger partial charge in [-0.15, -0.1) is 0 Å². The molecule has 4 aromatic rings.